The first-order chi connectivity index (χ1) is 7.27. The van der Waals surface area contributed by atoms with Crippen LogP contribution in [0.1, 0.15) is 10.4 Å². The SMILES string of the molecule is C=CCNC(=S)Nc1ccccc1C=O. The molecule has 4 heteroatoms. The van der Waals surface area contributed by atoms with Crippen molar-refractivity contribution in [3.05, 3.63) is 42.5 Å². The molecule has 0 aromatic heterocycles. The van der Waals surface area contributed by atoms with Gasteiger partial charge in [0.05, 0.1) is 5.69 Å². The van der Waals surface area contributed by atoms with Gasteiger partial charge < -0.3 is 10.6 Å². The van der Waals surface area contributed by atoms with Crippen LogP contribution in [0, 0.1) is 0 Å². The lowest BCUT2D eigenvalue weighted by Gasteiger charge is -2.10. The molecule has 2 N–H and O–H groups in total. The standard InChI is InChI=1S/C11H12N2OS/c1-2-7-12-11(15)13-10-6-4-3-5-9(10)8-14/h2-6,8H,1,7H2,(H2,12,13,15). The van der Waals surface area contributed by atoms with E-state index in [1.54, 1.807) is 24.3 Å². The first-order valence-corrected chi connectivity index (χ1v) is 4.88. The van der Waals surface area contributed by atoms with Crippen LogP contribution in [0.25, 0.3) is 0 Å². The number of rotatable bonds is 4. The number of aldehydes is 1. The summed E-state index contributed by atoms with van der Waals surface area (Å²) in [4.78, 5) is 10.7. The van der Waals surface area contributed by atoms with Crippen molar-refractivity contribution in [3.63, 3.8) is 0 Å². The molecule has 0 saturated heterocycles. The molecule has 15 heavy (non-hydrogen) atoms. The average molecular weight is 220 g/mol. The van der Waals surface area contributed by atoms with Crippen LogP contribution >= 0.6 is 12.2 Å². The maximum Gasteiger partial charge on any atom is 0.171 e. The van der Waals surface area contributed by atoms with Crippen LogP contribution in [0.3, 0.4) is 0 Å². The zero-order valence-electron chi connectivity index (χ0n) is 8.19. The summed E-state index contributed by atoms with van der Waals surface area (Å²) in [5.41, 5.74) is 1.29. The summed E-state index contributed by atoms with van der Waals surface area (Å²) >= 11 is 5.02. The first kappa shape index (κ1) is 11.4. The molecule has 1 aromatic carbocycles. The van der Waals surface area contributed by atoms with E-state index in [2.05, 4.69) is 17.2 Å². The Kier molecular flexibility index (Phi) is 4.50. The van der Waals surface area contributed by atoms with E-state index in [-0.39, 0.29) is 0 Å². The van der Waals surface area contributed by atoms with E-state index in [4.69, 9.17) is 12.2 Å². The molecule has 0 aliphatic carbocycles. The average Bonchev–Trinajstić information content (AvgIpc) is 2.27. The number of anilines is 1. The molecule has 0 atom stereocenters. The Morgan fingerprint density at radius 2 is 2.20 bits per heavy atom. The Morgan fingerprint density at radius 1 is 1.47 bits per heavy atom. The summed E-state index contributed by atoms with van der Waals surface area (Å²) in [6.07, 6.45) is 2.50. The van der Waals surface area contributed by atoms with Crippen molar-refractivity contribution >= 4 is 29.3 Å². The van der Waals surface area contributed by atoms with Crippen LogP contribution in [0.15, 0.2) is 36.9 Å². The highest BCUT2D eigenvalue weighted by atomic mass is 32.1. The predicted molar refractivity (Wildman–Crippen MR) is 66.2 cm³/mol. The van der Waals surface area contributed by atoms with Crippen molar-refractivity contribution in [2.24, 2.45) is 0 Å². The highest BCUT2D eigenvalue weighted by molar-refractivity contribution is 7.80. The molecule has 3 nitrogen and oxygen atoms in total. The van der Waals surface area contributed by atoms with Gasteiger partial charge in [-0.05, 0) is 24.4 Å². The van der Waals surface area contributed by atoms with E-state index in [0.29, 0.717) is 22.9 Å². The molecule has 0 unspecified atom stereocenters. The van der Waals surface area contributed by atoms with Crippen molar-refractivity contribution in [2.45, 2.75) is 0 Å². The summed E-state index contributed by atoms with van der Waals surface area (Å²) < 4.78 is 0. The third kappa shape index (κ3) is 3.52. The maximum atomic E-state index is 10.7. The normalized spacial score (nSPS) is 9.07. The summed E-state index contributed by atoms with van der Waals surface area (Å²) in [7, 11) is 0. The molecule has 1 rings (SSSR count). The molecule has 1 aromatic rings. The molecule has 0 aliphatic rings. The zero-order valence-corrected chi connectivity index (χ0v) is 9.01. The minimum Gasteiger partial charge on any atom is -0.359 e. The Balaban J connectivity index is 2.67. The molecule has 0 saturated carbocycles. The Bertz CT molecular complexity index is 377. The predicted octanol–water partition coefficient (Wildman–Crippen LogP) is 1.97. The van der Waals surface area contributed by atoms with Gasteiger partial charge in [0.15, 0.2) is 11.4 Å². The number of thiocarbonyl (C=S) groups is 1. The van der Waals surface area contributed by atoms with E-state index in [0.717, 1.165) is 6.29 Å². The van der Waals surface area contributed by atoms with Gasteiger partial charge in [-0.25, -0.2) is 0 Å². The number of hydrogen-bond donors (Lipinski definition) is 2. The number of benzene rings is 1. The van der Waals surface area contributed by atoms with Crippen LogP contribution in [0.4, 0.5) is 5.69 Å². The molecule has 0 radical (unpaired) electrons. The fourth-order valence-electron chi connectivity index (χ4n) is 1.04. The third-order valence-corrected chi connectivity index (χ3v) is 1.99. The first-order valence-electron chi connectivity index (χ1n) is 4.48. The van der Waals surface area contributed by atoms with Crippen molar-refractivity contribution < 1.29 is 4.79 Å². The van der Waals surface area contributed by atoms with Gasteiger partial charge in [0, 0.05) is 12.1 Å². The smallest absolute Gasteiger partial charge is 0.171 e. The van der Waals surface area contributed by atoms with Crippen LogP contribution in [0.5, 0.6) is 0 Å². The van der Waals surface area contributed by atoms with Gasteiger partial charge in [0.2, 0.25) is 0 Å². The highest BCUT2D eigenvalue weighted by Gasteiger charge is 2.01. The number of carbonyl (C=O) groups is 1. The van der Waals surface area contributed by atoms with Gasteiger partial charge >= 0.3 is 0 Å². The number of para-hydroxylation sites is 1. The summed E-state index contributed by atoms with van der Waals surface area (Å²) in [5, 5.41) is 6.33. The molecule has 0 fully saturated rings. The van der Waals surface area contributed by atoms with Crippen molar-refractivity contribution in [1.29, 1.82) is 0 Å². The highest BCUT2D eigenvalue weighted by Crippen LogP contribution is 2.11. The van der Waals surface area contributed by atoms with Gasteiger partial charge in [-0.15, -0.1) is 6.58 Å². The van der Waals surface area contributed by atoms with E-state index in [1.165, 1.54) is 0 Å². The maximum absolute atomic E-state index is 10.7. The largest absolute Gasteiger partial charge is 0.359 e. The zero-order chi connectivity index (χ0) is 11.1. The summed E-state index contributed by atoms with van der Waals surface area (Å²) in [6, 6.07) is 7.16. The fraction of sp³-hybridized carbons (Fsp3) is 0.0909. The third-order valence-electron chi connectivity index (χ3n) is 1.74. The van der Waals surface area contributed by atoms with E-state index < -0.39 is 0 Å². The van der Waals surface area contributed by atoms with E-state index in [1.807, 2.05) is 6.07 Å². The second-order valence-electron chi connectivity index (χ2n) is 2.83. The molecular weight excluding hydrogens is 208 g/mol. The number of nitrogens with one attached hydrogen (secondary N) is 2. The Morgan fingerprint density at radius 3 is 2.87 bits per heavy atom. The Labute approximate surface area is 94.2 Å². The van der Waals surface area contributed by atoms with Gasteiger partial charge in [-0.2, -0.15) is 0 Å². The Hall–Kier alpha value is -1.68. The lowest BCUT2D eigenvalue weighted by atomic mass is 10.2. The van der Waals surface area contributed by atoms with Crippen LogP contribution in [0.2, 0.25) is 0 Å². The van der Waals surface area contributed by atoms with Gasteiger partial charge in [-0.1, -0.05) is 18.2 Å². The minimum absolute atomic E-state index is 0.476. The lowest BCUT2D eigenvalue weighted by Crippen LogP contribution is -2.28. The van der Waals surface area contributed by atoms with Crippen molar-refractivity contribution in [1.82, 2.24) is 5.32 Å². The second-order valence-corrected chi connectivity index (χ2v) is 3.24. The van der Waals surface area contributed by atoms with Gasteiger partial charge in [0.25, 0.3) is 0 Å². The van der Waals surface area contributed by atoms with Crippen LogP contribution in [-0.4, -0.2) is 17.9 Å². The summed E-state index contributed by atoms with van der Waals surface area (Å²) in [5.74, 6) is 0. The number of carbonyl (C=O) groups excluding carboxylic acids is 1. The topological polar surface area (TPSA) is 41.1 Å². The quantitative estimate of drug-likeness (QED) is 0.462. The molecule has 0 bridgehead atoms. The van der Waals surface area contributed by atoms with E-state index in [9.17, 15) is 4.79 Å². The summed E-state index contributed by atoms with van der Waals surface area (Å²) in [6.45, 7) is 4.16. The minimum atomic E-state index is 0.476. The molecule has 0 aliphatic heterocycles. The molecule has 0 heterocycles. The lowest BCUT2D eigenvalue weighted by molar-refractivity contribution is 0.112. The number of hydrogen-bond acceptors (Lipinski definition) is 2. The van der Waals surface area contributed by atoms with Crippen molar-refractivity contribution in [2.75, 3.05) is 11.9 Å². The molecule has 78 valence electrons. The fourth-order valence-corrected chi connectivity index (χ4v) is 1.24. The molecule has 0 spiro atoms. The van der Waals surface area contributed by atoms with Crippen LogP contribution in [-0.2, 0) is 0 Å². The van der Waals surface area contributed by atoms with E-state index >= 15 is 0 Å². The van der Waals surface area contributed by atoms with Crippen molar-refractivity contribution in [3.8, 4) is 0 Å². The molecular formula is C11H12N2OS. The second kappa shape index (κ2) is 5.93. The van der Waals surface area contributed by atoms with Gasteiger partial charge in [0.1, 0.15) is 0 Å². The monoisotopic (exact) mass is 220 g/mol. The van der Waals surface area contributed by atoms with Gasteiger partial charge in [-0.3, -0.25) is 4.79 Å². The molecule has 0 amide bonds. The van der Waals surface area contributed by atoms with Crippen LogP contribution < -0.4 is 10.6 Å².